The van der Waals surface area contributed by atoms with Crippen molar-refractivity contribution in [3.05, 3.63) is 38.9 Å². The number of nitro benzene ring substituents is 1. The van der Waals surface area contributed by atoms with Crippen LogP contribution in [-0.2, 0) is 6.54 Å². The molecule has 0 saturated carbocycles. The molecule has 0 aromatic heterocycles. The van der Waals surface area contributed by atoms with Crippen LogP contribution in [0.3, 0.4) is 0 Å². The summed E-state index contributed by atoms with van der Waals surface area (Å²) in [7, 11) is 0. The SMILES string of the molecule is CC(C)(C)CC(O)CNCc1ccc([N+](=O)[O-])cc1Cl. The number of benzene rings is 1. The molecule has 0 saturated heterocycles. The van der Waals surface area contributed by atoms with Crippen LogP contribution in [0.4, 0.5) is 5.69 Å². The fraction of sp³-hybridized carbons (Fsp3) is 0.571. The number of hydrogen-bond acceptors (Lipinski definition) is 4. The van der Waals surface area contributed by atoms with Crippen LogP contribution in [0.5, 0.6) is 0 Å². The van der Waals surface area contributed by atoms with Crippen LogP contribution in [0.15, 0.2) is 18.2 Å². The monoisotopic (exact) mass is 300 g/mol. The van der Waals surface area contributed by atoms with E-state index in [1.54, 1.807) is 6.07 Å². The predicted octanol–water partition coefficient (Wildman–Crippen LogP) is 3.13. The molecule has 0 aliphatic carbocycles. The van der Waals surface area contributed by atoms with Crippen LogP contribution in [0.1, 0.15) is 32.8 Å². The molecular weight excluding hydrogens is 280 g/mol. The lowest BCUT2D eigenvalue weighted by molar-refractivity contribution is -0.384. The van der Waals surface area contributed by atoms with E-state index < -0.39 is 11.0 Å². The quantitative estimate of drug-likeness (QED) is 0.625. The Labute approximate surface area is 124 Å². The minimum atomic E-state index is -0.476. The molecule has 1 atom stereocenters. The van der Waals surface area contributed by atoms with Gasteiger partial charge in [0.2, 0.25) is 0 Å². The maximum Gasteiger partial charge on any atom is 0.270 e. The topological polar surface area (TPSA) is 75.4 Å². The highest BCUT2D eigenvalue weighted by Crippen LogP contribution is 2.23. The second-order valence-corrected chi connectivity index (χ2v) is 6.49. The van der Waals surface area contributed by atoms with Crippen molar-refractivity contribution in [1.29, 1.82) is 0 Å². The molecule has 2 N–H and O–H groups in total. The Morgan fingerprint density at radius 2 is 2.10 bits per heavy atom. The zero-order chi connectivity index (χ0) is 15.3. The largest absolute Gasteiger partial charge is 0.392 e. The molecule has 0 bridgehead atoms. The Kier molecular flexibility index (Phi) is 5.92. The van der Waals surface area contributed by atoms with Gasteiger partial charge in [-0.1, -0.05) is 32.4 Å². The van der Waals surface area contributed by atoms with Gasteiger partial charge in [-0.3, -0.25) is 10.1 Å². The highest BCUT2D eigenvalue weighted by atomic mass is 35.5. The normalized spacial score (nSPS) is 13.2. The fourth-order valence-electron chi connectivity index (χ4n) is 1.95. The summed E-state index contributed by atoms with van der Waals surface area (Å²) >= 11 is 5.99. The number of nitrogens with zero attached hydrogens (tertiary/aromatic N) is 1. The first-order valence-electron chi connectivity index (χ1n) is 6.50. The Bertz CT molecular complexity index is 472. The van der Waals surface area contributed by atoms with Crippen LogP contribution in [0.25, 0.3) is 0 Å². The highest BCUT2D eigenvalue weighted by molar-refractivity contribution is 6.31. The van der Waals surface area contributed by atoms with Crippen molar-refractivity contribution in [3.63, 3.8) is 0 Å². The van der Waals surface area contributed by atoms with Gasteiger partial charge < -0.3 is 10.4 Å². The molecule has 0 spiro atoms. The summed E-state index contributed by atoms with van der Waals surface area (Å²) in [4.78, 5) is 10.1. The molecule has 20 heavy (non-hydrogen) atoms. The summed E-state index contributed by atoms with van der Waals surface area (Å²) in [5, 5.41) is 23.9. The van der Waals surface area contributed by atoms with Gasteiger partial charge in [0.15, 0.2) is 0 Å². The lowest BCUT2D eigenvalue weighted by Gasteiger charge is -2.22. The van der Waals surface area contributed by atoms with E-state index in [2.05, 4.69) is 26.1 Å². The molecule has 0 aliphatic rings. The van der Waals surface area contributed by atoms with Crippen LogP contribution >= 0.6 is 11.6 Å². The summed E-state index contributed by atoms with van der Waals surface area (Å²) in [5.41, 5.74) is 0.832. The Morgan fingerprint density at radius 3 is 2.60 bits per heavy atom. The number of rotatable bonds is 6. The van der Waals surface area contributed by atoms with Crippen LogP contribution in [-0.4, -0.2) is 22.7 Å². The number of hydrogen-bond donors (Lipinski definition) is 2. The van der Waals surface area contributed by atoms with E-state index in [1.807, 2.05) is 0 Å². The smallest absolute Gasteiger partial charge is 0.270 e. The number of nitrogens with one attached hydrogen (secondary N) is 1. The van der Waals surface area contributed by atoms with Gasteiger partial charge in [-0.15, -0.1) is 0 Å². The average Bonchev–Trinajstić information content (AvgIpc) is 2.28. The third kappa shape index (κ3) is 5.86. The number of nitro groups is 1. The number of halogens is 1. The maximum atomic E-state index is 10.6. The first-order valence-corrected chi connectivity index (χ1v) is 6.88. The molecule has 0 heterocycles. The van der Waals surface area contributed by atoms with Crippen molar-refractivity contribution in [2.24, 2.45) is 5.41 Å². The third-order valence-corrected chi connectivity index (χ3v) is 3.14. The van der Waals surface area contributed by atoms with E-state index in [-0.39, 0.29) is 11.1 Å². The van der Waals surface area contributed by atoms with Crippen molar-refractivity contribution in [2.45, 2.75) is 39.8 Å². The molecule has 1 rings (SSSR count). The van der Waals surface area contributed by atoms with E-state index in [9.17, 15) is 15.2 Å². The van der Waals surface area contributed by atoms with Gasteiger partial charge in [-0.05, 0) is 23.5 Å². The number of aliphatic hydroxyl groups is 1. The molecule has 1 aromatic rings. The zero-order valence-corrected chi connectivity index (χ0v) is 12.8. The second-order valence-electron chi connectivity index (χ2n) is 6.08. The van der Waals surface area contributed by atoms with E-state index in [4.69, 9.17) is 11.6 Å². The van der Waals surface area contributed by atoms with Crippen molar-refractivity contribution in [2.75, 3.05) is 6.54 Å². The summed E-state index contributed by atoms with van der Waals surface area (Å²) in [6.07, 6.45) is 0.278. The number of aliphatic hydroxyl groups excluding tert-OH is 1. The first-order chi connectivity index (χ1) is 9.19. The van der Waals surface area contributed by atoms with Crippen molar-refractivity contribution < 1.29 is 10.0 Å². The van der Waals surface area contributed by atoms with Crippen molar-refractivity contribution in [1.82, 2.24) is 5.32 Å². The second kappa shape index (κ2) is 7.02. The lowest BCUT2D eigenvalue weighted by Crippen LogP contribution is -2.29. The van der Waals surface area contributed by atoms with Gasteiger partial charge in [0, 0.05) is 25.2 Å². The fourth-order valence-corrected chi connectivity index (χ4v) is 2.19. The minimum Gasteiger partial charge on any atom is -0.392 e. The molecule has 112 valence electrons. The Morgan fingerprint density at radius 1 is 1.45 bits per heavy atom. The summed E-state index contributed by atoms with van der Waals surface area (Å²) < 4.78 is 0. The van der Waals surface area contributed by atoms with Crippen LogP contribution < -0.4 is 5.32 Å². The Balaban J connectivity index is 2.48. The molecule has 0 amide bonds. The summed E-state index contributed by atoms with van der Waals surface area (Å²) in [5.74, 6) is 0. The molecule has 5 nitrogen and oxygen atoms in total. The van der Waals surface area contributed by atoms with E-state index in [0.29, 0.717) is 24.5 Å². The summed E-state index contributed by atoms with van der Waals surface area (Å²) in [6.45, 7) is 7.15. The van der Waals surface area contributed by atoms with Crippen LogP contribution in [0.2, 0.25) is 5.02 Å². The minimum absolute atomic E-state index is 0.0217. The molecule has 6 heteroatoms. The van der Waals surface area contributed by atoms with E-state index in [0.717, 1.165) is 5.56 Å². The molecule has 0 radical (unpaired) electrons. The molecule has 0 fully saturated rings. The van der Waals surface area contributed by atoms with E-state index >= 15 is 0 Å². The van der Waals surface area contributed by atoms with Gasteiger partial charge >= 0.3 is 0 Å². The predicted molar refractivity (Wildman–Crippen MR) is 79.9 cm³/mol. The van der Waals surface area contributed by atoms with Gasteiger partial charge in [0.1, 0.15) is 0 Å². The lowest BCUT2D eigenvalue weighted by atomic mass is 9.89. The van der Waals surface area contributed by atoms with Gasteiger partial charge in [0.25, 0.3) is 5.69 Å². The average molecular weight is 301 g/mol. The number of non-ortho nitro benzene ring substituents is 1. The highest BCUT2D eigenvalue weighted by Gasteiger charge is 2.16. The van der Waals surface area contributed by atoms with Gasteiger partial charge in [-0.2, -0.15) is 0 Å². The van der Waals surface area contributed by atoms with Crippen LogP contribution in [0, 0.1) is 15.5 Å². The van der Waals surface area contributed by atoms with Crippen molar-refractivity contribution in [3.8, 4) is 0 Å². The zero-order valence-electron chi connectivity index (χ0n) is 12.0. The molecule has 1 aromatic carbocycles. The Hall–Kier alpha value is -1.17. The maximum absolute atomic E-state index is 10.6. The summed E-state index contributed by atoms with van der Waals surface area (Å²) in [6, 6.07) is 4.39. The first kappa shape index (κ1) is 16.9. The molecule has 0 aliphatic heterocycles. The molecule has 1 unspecified atom stereocenters. The van der Waals surface area contributed by atoms with Gasteiger partial charge in [-0.25, -0.2) is 0 Å². The molecular formula is C14H21ClN2O3. The third-order valence-electron chi connectivity index (χ3n) is 2.79. The van der Waals surface area contributed by atoms with E-state index in [1.165, 1.54) is 12.1 Å². The van der Waals surface area contributed by atoms with Gasteiger partial charge in [0.05, 0.1) is 16.0 Å². The standard InChI is InChI=1S/C14H21ClN2O3/c1-14(2,3)7-12(18)9-16-8-10-4-5-11(17(19)20)6-13(10)15/h4-6,12,16,18H,7-9H2,1-3H3. The van der Waals surface area contributed by atoms with Crippen molar-refractivity contribution >= 4 is 17.3 Å².